The molecule has 2 atom stereocenters. The number of H-pyrrole nitrogens is 1. The lowest BCUT2D eigenvalue weighted by atomic mass is 10.1. The van der Waals surface area contributed by atoms with Gasteiger partial charge in [-0.05, 0) is 0 Å². The summed E-state index contributed by atoms with van der Waals surface area (Å²) in [6, 6.07) is 0. The van der Waals surface area contributed by atoms with Gasteiger partial charge in [0.15, 0.2) is 5.65 Å². The zero-order valence-corrected chi connectivity index (χ0v) is 11.8. The number of aliphatic carboxylic acids is 1. The minimum atomic E-state index is -1.26. The van der Waals surface area contributed by atoms with E-state index < -0.39 is 35.8 Å². The summed E-state index contributed by atoms with van der Waals surface area (Å²) in [6.07, 6.45) is -2.00. The number of imidazole rings is 1. The Kier molecular flexibility index (Phi) is 4.43. The van der Waals surface area contributed by atoms with E-state index >= 15 is 0 Å². The topological polar surface area (TPSA) is 150 Å². The summed E-state index contributed by atoms with van der Waals surface area (Å²) in [4.78, 5) is 41.2. The van der Waals surface area contributed by atoms with E-state index in [1.165, 1.54) is 13.4 Å². The molecule has 2 aromatic heterocycles. The molecule has 0 bridgehead atoms. The molecule has 0 spiro atoms. The predicted octanol–water partition coefficient (Wildman–Crippen LogP) is -1.99. The van der Waals surface area contributed by atoms with E-state index in [0.717, 1.165) is 9.13 Å². The van der Waals surface area contributed by atoms with Crippen LogP contribution in [0, 0.1) is 0 Å². The van der Waals surface area contributed by atoms with Gasteiger partial charge in [0.1, 0.15) is 5.52 Å². The smallest absolute Gasteiger partial charge is 0.332 e. The van der Waals surface area contributed by atoms with Crippen LogP contribution in [-0.2, 0) is 18.4 Å². The van der Waals surface area contributed by atoms with E-state index in [9.17, 15) is 24.6 Å². The van der Waals surface area contributed by atoms with Crippen molar-refractivity contribution in [3.8, 4) is 0 Å². The molecular weight excluding hydrogens is 296 g/mol. The number of nitrogens with one attached hydrogen (secondary N) is 1. The largest absolute Gasteiger partial charge is 0.481 e. The number of aryl methyl sites for hydroxylation is 1. The molecule has 22 heavy (non-hydrogen) atoms. The zero-order chi connectivity index (χ0) is 16.4. The highest BCUT2D eigenvalue weighted by Crippen LogP contribution is 2.05. The van der Waals surface area contributed by atoms with Crippen LogP contribution in [0.4, 0.5) is 0 Å². The summed E-state index contributed by atoms with van der Waals surface area (Å²) in [5, 5.41) is 27.9. The van der Waals surface area contributed by atoms with Crippen molar-refractivity contribution < 1.29 is 20.1 Å². The van der Waals surface area contributed by atoms with Gasteiger partial charge in [-0.1, -0.05) is 0 Å². The van der Waals surface area contributed by atoms with Crippen molar-refractivity contribution in [2.24, 2.45) is 7.05 Å². The van der Waals surface area contributed by atoms with Gasteiger partial charge in [0.25, 0.3) is 5.56 Å². The van der Waals surface area contributed by atoms with Gasteiger partial charge in [-0.2, -0.15) is 0 Å². The lowest BCUT2D eigenvalue weighted by Crippen LogP contribution is -2.42. The van der Waals surface area contributed by atoms with Crippen LogP contribution in [0.1, 0.15) is 12.8 Å². The molecule has 0 fully saturated rings. The molecular formula is C12H16N4O6. The Hall–Kier alpha value is -2.46. The van der Waals surface area contributed by atoms with Gasteiger partial charge in [-0.3, -0.25) is 18.7 Å². The third kappa shape index (κ3) is 3.07. The number of aromatic nitrogens is 4. The third-order valence-corrected chi connectivity index (χ3v) is 3.26. The monoisotopic (exact) mass is 312 g/mol. The van der Waals surface area contributed by atoms with E-state index in [1.807, 2.05) is 0 Å². The van der Waals surface area contributed by atoms with Crippen molar-refractivity contribution in [3.05, 3.63) is 27.2 Å². The normalized spacial score (nSPS) is 14.1. The standard InChI is InChI=1S/C12H16N4O6/c1-15-10-9(13-5-14-10)11(21)16(12(15)22)4-7(18)2-6(17)3-8(19)20/h5-7,17-18H,2-4H2,1H3,(H,13,14)(H,19,20)/t6-,7+/m1/s1. The highest BCUT2D eigenvalue weighted by molar-refractivity contribution is 5.68. The average Bonchev–Trinajstić information content (AvgIpc) is 2.89. The third-order valence-electron chi connectivity index (χ3n) is 3.26. The summed E-state index contributed by atoms with van der Waals surface area (Å²) in [7, 11) is 1.44. The Morgan fingerprint density at radius 3 is 2.68 bits per heavy atom. The number of aliphatic hydroxyl groups is 2. The van der Waals surface area contributed by atoms with Crippen molar-refractivity contribution >= 4 is 17.1 Å². The number of carbonyl (C=O) groups is 1. The number of carboxylic acids is 1. The Morgan fingerprint density at radius 1 is 1.36 bits per heavy atom. The highest BCUT2D eigenvalue weighted by atomic mass is 16.4. The van der Waals surface area contributed by atoms with E-state index in [-0.39, 0.29) is 24.1 Å². The van der Waals surface area contributed by atoms with Crippen LogP contribution in [0.5, 0.6) is 0 Å². The van der Waals surface area contributed by atoms with Crippen molar-refractivity contribution in [2.75, 3.05) is 0 Å². The van der Waals surface area contributed by atoms with E-state index in [4.69, 9.17) is 5.11 Å². The molecule has 0 unspecified atom stereocenters. The molecule has 0 aliphatic carbocycles. The molecule has 0 saturated carbocycles. The SMILES string of the molecule is Cn1c(=O)n(C[C@@H](O)C[C@@H](O)CC(=O)O)c(=O)c2[nH]cnc21. The lowest BCUT2D eigenvalue weighted by Gasteiger charge is -2.15. The second kappa shape index (κ2) is 6.12. The second-order valence-electron chi connectivity index (χ2n) is 5.00. The van der Waals surface area contributed by atoms with Crippen LogP contribution < -0.4 is 11.2 Å². The van der Waals surface area contributed by atoms with Crippen LogP contribution in [-0.4, -0.2) is 52.6 Å². The zero-order valence-electron chi connectivity index (χ0n) is 11.8. The van der Waals surface area contributed by atoms with Gasteiger partial charge >= 0.3 is 11.7 Å². The number of nitrogens with zero attached hydrogens (tertiary/aromatic N) is 3. The average molecular weight is 312 g/mol. The van der Waals surface area contributed by atoms with Crippen LogP contribution in [0.2, 0.25) is 0 Å². The van der Waals surface area contributed by atoms with Gasteiger partial charge < -0.3 is 20.3 Å². The first-order valence-electron chi connectivity index (χ1n) is 6.52. The first-order chi connectivity index (χ1) is 10.3. The van der Waals surface area contributed by atoms with Crippen LogP contribution in [0.3, 0.4) is 0 Å². The van der Waals surface area contributed by atoms with E-state index in [0.29, 0.717) is 0 Å². The minimum absolute atomic E-state index is 0.125. The second-order valence-corrected chi connectivity index (χ2v) is 5.00. The Bertz CT molecular complexity index is 804. The van der Waals surface area contributed by atoms with Crippen molar-refractivity contribution in [2.45, 2.75) is 31.6 Å². The summed E-state index contributed by atoms with van der Waals surface area (Å²) in [5.41, 5.74) is -0.967. The van der Waals surface area contributed by atoms with Gasteiger partial charge in [0.05, 0.1) is 31.5 Å². The fourth-order valence-electron chi connectivity index (χ4n) is 2.24. The molecule has 2 aromatic rings. The number of rotatable bonds is 6. The Balaban J connectivity index is 2.26. The van der Waals surface area contributed by atoms with Crippen LogP contribution >= 0.6 is 0 Å². The molecule has 4 N–H and O–H groups in total. The van der Waals surface area contributed by atoms with Crippen molar-refractivity contribution in [3.63, 3.8) is 0 Å². The molecule has 120 valence electrons. The van der Waals surface area contributed by atoms with Crippen molar-refractivity contribution in [1.29, 1.82) is 0 Å². The van der Waals surface area contributed by atoms with Gasteiger partial charge in [0.2, 0.25) is 0 Å². The highest BCUT2D eigenvalue weighted by Gasteiger charge is 2.19. The molecule has 2 heterocycles. The lowest BCUT2D eigenvalue weighted by molar-refractivity contribution is -0.139. The predicted molar refractivity (Wildman–Crippen MR) is 74.5 cm³/mol. The fourth-order valence-corrected chi connectivity index (χ4v) is 2.24. The molecule has 10 nitrogen and oxygen atoms in total. The molecule has 10 heteroatoms. The number of hydrogen-bond donors (Lipinski definition) is 4. The summed E-state index contributed by atoms with van der Waals surface area (Å²) >= 11 is 0. The van der Waals surface area contributed by atoms with Crippen molar-refractivity contribution in [1.82, 2.24) is 19.1 Å². The molecule has 2 rings (SSSR count). The Morgan fingerprint density at radius 2 is 2.05 bits per heavy atom. The number of aliphatic hydroxyl groups excluding tert-OH is 2. The number of hydrogen-bond acceptors (Lipinski definition) is 6. The summed E-state index contributed by atoms with van der Waals surface area (Å²) in [6.45, 7) is -0.350. The maximum absolute atomic E-state index is 12.2. The maximum Gasteiger partial charge on any atom is 0.332 e. The fraction of sp³-hybridized carbons (Fsp3) is 0.500. The summed E-state index contributed by atoms with van der Waals surface area (Å²) in [5.74, 6) is -1.20. The molecule has 0 aliphatic heterocycles. The molecule has 0 radical (unpaired) electrons. The quantitative estimate of drug-likeness (QED) is 0.482. The molecule has 0 aliphatic rings. The van der Waals surface area contributed by atoms with Gasteiger partial charge in [0, 0.05) is 13.5 Å². The van der Waals surface area contributed by atoms with Crippen LogP contribution in [0.15, 0.2) is 15.9 Å². The maximum atomic E-state index is 12.2. The number of fused-ring (bicyclic) bond motifs is 1. The first-order valence-corrected chi connectivity index (χ1v) is 6.52. The molecule has 0 saturated heterocycles. The van der Waals surface area contributed by atoms with Gasteiger partial charge in [-0.15, -0.1) is 0 Å². The number of aromatic amines is 1. The van der Waals surface area contributed by atoms with Gasteiger partial charge in [-0.25, -0.2) is 9.78 Å². The Labute approximate surface area is 123 Å². The minimum Gasteiger partial charge on any atom is -0.481 e. The van der Waals surface area contributed by atoms with Crippen LogP contribution in [0.25, 0.3) is 11.2 Å². The first kappa shape index (κ1) is 15.9. The van der Waals surface area contributed by atoms with E-state index in [2.05, 4.69) is 9.97 Å². The van der Waals surface area contributed by atoms with E-state index in [1.54, 1.807) is 0 Å². The molecule has 0 amide bonds. The molecule has 0 aromatic carbocycles. The number of carboxylic acid groups (broad SMARTS) is 1. The summed E-state index contributed by atoms with van der Waals surface area (Å²) < 4.78 is 1.98.